The second-order valence-corrected chi connectivity index (χ2v) is 3.59. The lowest BCUT2D eigenvalue weighted by atomic mass is 10.3. The molecule has 0 unspecified atom stereocenters. The van der Waals surface area contributed by atoms with Gasteiger partial charge in [0, 0.05) is 6.92 Å². The minimum absolute atomic E-state index is 0.223. The van der Waals surface area contributed by atoms with Crippen molar-refractivity contribution in [3.63, 3.8) is 0 Å². The lowest BCUT2D eigenvalue weighted by Crippen LogP contribution is -2.08. The summed E-state index contributed by atoms with van der Waals surface area (Å²) in [6.07, 6.45) is 0. The molecule has 1 heterocycles. The van der Waals surface area contributed by atoms with Gasteiger partial charge in [0.2, 0.25) is 5.91 Å². The first-order chi connectivity index (χ1) is 8.65. The van der Waals surface area contributed by atoms with Gasteiger partial charge >= 0.3 is 0 Å². The number of rotatable bonds is 3. The van der Waals surface area contributed by atoms with E-state index in [1.165, 1.54) is 13.0 Å². The molecule has 0 radical (unpaired) electrons. The van der Waals surface area contributed by atoms with E-state index in [-0.39, 0.29) is 11.7 Å². The van der Waals surface area contributed by atoms with Gasteiger partial charge in [0.15, 0.2) is 11.6 Å². The maximum absolute atomic E-state index is 13.4. The SMILES string of the molecule is CC(=O)Nc1ccc(Nc2ccccc2F)nn1. The predicted octanol–water partition coefficient (Wildman–Crippen LogP) is 2.32. The van der Waals surface area contributed by atoms with Crippen molar-refractivity contribution < 1.29 is 9.18 Å². The zero-order chi connectivity index (χ0) is 13.0. The average Bonchev–Trinajstić information content (AvgIpc) is 2.34. The second kappa shape index (κ2) is 5.22. The number of anilines is 3. The third kappa shape index (κ3) is 3.00. The second-order valence-electron chi connectivity index (χ2n) is 3.59. The Morgan fingerprint density at radius 2 is 1.78 bits per heavy atom. The molecule has 5 nitrogen and oxygen atoms in total. The molecule has 2 rings (SSSR count). The van der Waals surface area contributed by atoms with E-state index in [4.69, 9.17) is 0 Å². The van der Waals surface area contributed by atoms with Crippen LogP contribution in [0.25, 0.3) is 0 Å². The van der Waals surface area contributed by atoms with Crippen LogP contribution in [0, 0.1) is 5.82 Å². The van der Waals surface area contributed by atoms with Crippen molar-refractivity contribution in [2.75, 3.05) is 10.6 Å². The molecule has 1 aromatic heterocycles. The molecule has 92 valence electrons. The molecule has 0 aliphatic heterocycles. The first-order valence-electron chi connectivity index (χ1n) is 5.28. The summed E-state index contributed by atoms with van der Waals surface area (Å²) in [7, 11) is 0. The predicted molar refractivity (Wildman–Crippen MR) is 66.0 cm³/mol. The molecule has 1 amide bonds. The Hall–Kier alpha value is -2.50. The highest BCUT2D eigenvalue weighted by Crippen LogP contribution is 2.17. The van der Waals surface area contributed by atoms with Gasteiger partial charge in [-0.2, -0.15) is 0 Å². The fraction of sp³-hybridized carbons (Fsp3) is 0.0833. The molecule has 0 bridgehead atoms. The van der Waals surface area contributed by atoms with E-state index in [0.717, 1.165) is 0 Å². The Morgan fingerprint density at radius 3 is 2.39 bits per heavy atom. The zero-order valence-corrected chi connectivity index (χ0v) is 9.64. The number of hydrogen-bond acceptors (Lipinski definition) is 4. The monoisotopic (exact) mass is 246 g/mol. The lowest BCUT2D eigenvalue weighted by Gasteiger charge is -2.06. The Labute approximate surface area is 103 Å². The van der Waals surface area contributed by atoms with Gasteiger partial charge in [0.1, 0.15) is 5.82 Å². The summed E-state index contributed by atoms with van der Waals surface area (Å²) in [5, 5.41) is 12.9. The highest BCUT2D eigenvalue weighted by Gasteiger charge is 2.03. The van der Waals surface area contributed by atoms with E-state index in [9.17, 15) is 9.18 Å². The van der Waals surface area contributed by atoms with Crippen molar-refractivity contribution in [2.24, 2.45) is 0 Å². The van der Waals surface area contributed by atoms with Crippen molar-refractivity contribution in [1.82, 2.24) is 10.2 Å². The van der Waals surface area contributed by atoms with Crippen molar-refractivity contribution in [1.29, 1.82) is 0 Å². The average molecular weight is 246 g/mol. The molecule has 2 aromatic rings. The van der Waals surface area contributed by atoms with Crippen LogP contribution in [0.2, 0.25) is 0 Å². The normalized spacial score (nSPS) is 9.89. The summed E-state index contributed by atoms with van der Waals surface area (Å²) in [5.74, 6) is 0.153. The largest absolute Gasteiger partial charge is 0.336 e. The van der Waals surface area contributed by atoms with Gasteiger partial charge in [-0.1, -0.05) is 12.1 Å². The Morgan fingerprint density at radius 1 is 1.11 bits per heavy atom. The van der Waals surface area contributed by atoms with Crippen molar-refractivity contribution in [3.8, 4) is 0 Å². The Bertz CT molecular complexity index is 556. The van der Waals surface area contributed by atoms with Crippen LogP contribution in [0.5, 0.6) is 0 Å². The molecule has 18 heavy (non-hydrogen) atoms. The number of nitrogens with zero attached hydrogens (tertiary/aromatic N) is 2. The molecule has 0 aliphatic carbocycles. The van der Waals surface area contributed by atoms with Crippen molar-refractivity contribution in [2.45, 2.75) is 6.92 Å². The van der Waals surface area contributed by atoms with E-state index in [1.807, 2.05) is 0 Å². The van der Waals surface area contributed by atoms with Crippen LogP contribution in [0.1, 0.15) is 6.92 Å². The lowest BCUT2D eigenvalue weighted by molar-refractivity contribution is -0.114. The van der Waals surface area contributed by atoms with Crippen LogP contribution in [-0.2, 0) is 4.79 Å². The minimum Gasteiger partial charge on any atom is -0.336 e. The van der Waals surface area contributed by atoms with Crippen molar-refractivity contribution in [3.05, 3.63) is 42.2 Å². The van der Waals surface area contributed by atoms with Crippen LogP contribution in [0.15, 0.2) is 36.4 Å². The third-order valence-electron chi connectivity index (χ3n) is 2.11. The zero-order valence-electron chi connectivity index (χ0n) is 9.64. The molecular weight excluding hydrogens is 235 g/mol. The number of nitrogens with one attached hydrogen (secondary N) is 2. The van der Waals surface area contributed by atoms with Gasteiger partial charge in [-0.25, -0.2) is 4.39 Å². The van der Waals surface area contributed by atoms with Crippen LogP contribution in [0.4, 0.5) is 21.7 Å². The fourth-order valence-corrected chi connectivity index (χ4v) is 1.35. The van der Waals surface area contributed by atoms with Gasteiger partial charge in [-0.3, -0.25) is 4.79 Å². The van der Waals surface area contributed by atoms with Gasteiger partial charge in [-0.05, 0) is 24.3 Å². The Kier molecular flexibility index (Phi) is 3.47. The number of amides is 1. The highest BCUT2D eigenvalue weighted by atomic mass is 19.1. The summed E-state index contributed by atoms with van der Waals surface area (Å²) in [4.78, 5) is 10.8. The molecular formula is C12H11FN4O. The van der Waals surface area contributed by atoms with Crippen LogP contribution in [0.3, 0.4) is 0 Å². The number of carbonyl (C=O) groups is 1. The molecule has 2 N–H and O–H groups in total. The molecule has 0 fully saturated rings. The number of aromatic nitrogens is 2. The van der Waals surface area contributed by atoms with E-state index < -0.39 is 0 Å². The van der Waals surface area contributed by atoms with Crippen LogP contribution >= 0.6 is 0 Å². The Balaban J connectivity index is 2.11. The van der Waals surface area contributed by atoms with Gasteiger partial charge in [0.05, 0.1) is 5.69 Å². The maximum Gasteiger partial charge on any atom is 0.222 e. The summed E-state index contributed by atoms with van der Waals surface area (Å²) in [6, 6.07) is 9.44. The maximum atomic E-state index is 13.4. The molecule has 0 spiro atoms. The molecule has 6 heteroatoms. The van der Waals surface area contributed by atoms with E-state index in [2.05, 4.69) is 20.8 Å². The number of carbonyl (C=O) groups excluding carboxylic acids is 1. The third-order valence-corrected chi connectivity index (χ3v) is 2.11. The molecule has 0 atom stereocenters. The first-order valence-corrected chi connectivity index (χ1v) is 5.28. The first kappa shape index (κ1) is 12.0. The van der Waals surface area contributed by atoms with E-state index in [1.54, 1.807) is 30.3 Å². The summed E-state index contributed by atoms with van der Waals surface area (Å²) >= 11 is 0. The van der Waals surface area contributed by atoms with Crippen LogP contribution in [-0.4, -0.2) is 16.1 Å². The topological polar surface area (TPSA) is 66.9 Å². The molecule has 1 aromatic carbocycles. The summed E-state index contributed by atoms with van der Waals surface area (Å²) < 4.78 is 13.4. The molecule has 0 saturated heterocycles. The van der Waals surface area contributed by atoms with Gasteiger partial charge < -0.3 is 10.6 Å². The quantitative estimate of drug-likeness (QED) is 0.872. The number of halogens is 1. The highest BCUT2D eigenvalue weighted by molar-refractivity contribution is 5.87. The molecule has 0 saturated carbocycles. The van der Waals surface area contributed by atoms with Gasteiger partial charge in [0.25, 0.3) is 0 Å². The standard InChI is InChI=1S/C12H11FN4O/c1-8(18)14-11-6-7-12(17-16-11)15-10-5-3-2-4-9(10)13/h2-7H,1H3,(H,15,17)(H,14,16,18). The van der Waals surface area contributed by atoms with Gasteiger partial charge in [-0.15, -0.1) is 10.2 Å². The number of hydrogen-bond donors (Lipinski definition) is 2. The fourth-order valence-electron chi connectivity index (χ4n) is 1.35. The summed E-state index contributed by atoms with van der Waals surface area (Å²) in [5.41, 5.74) is 0.319. The number of benzene rings is 1. The molecule has 0 aliphatic rings. The smallest absolute Gasteiger partial charge is 0.222 e. The summed E-state index contributed by atoms with van der Waals surface area (Å²) in [6.45, 7) is 1.38. The van der Waals surface area contributed by atoms with E-state index >= 15 is 0 Å². The van der Waals surface area contributed by atoms with Crippen molar-refractivity contribution >= 4 is 23.2 Å². The van der Waals surface area contributed by atoms with E-state index in [0.29, 0.717) is 17.3 Å². The van der Waals surface area contributed by atoms with Crippen LogP contribution < -0.4 is 10.6 Å². The number of para-hydroxylation sites is 1. The minimum atomic E-state index is -0.370.